The summed E-state index contributed by atoms with van der Waals surface area (Å²) < 4.78 is 4.13. The number of nitrogens with zero attached hydrogens (tertiary/aromatic N) is 4. The summed E-state index contributed by atoms with van der Waals surface area (Å²) in [6.45, 7) is 0.0631. The van der Waals surface area contributed by atoms with Crippen LogP contribution in [0.2, 0.25) is 10.0 Å². The summed E-state index contributed by atoms with van der Waals surface area (Å²) in [5.41, 5.74) is 0.376. The van der Waals surface area contributed by atoms with Crippen LogP contribution in [0.1, 0.15) is 24.8 Å². The summed E-state index contributed by atoms with van der Waals surface area (Å²) in [4.78, 5) is 30.4. The minimum absolute atomic E-state index is 0.0631. The number of imidazole rings is 1. The molecule has 10 heteroatoms. The van der Waals surface area contributed by atoms with Crippen molar-refractivity contribution in [1.82, 2.24) is 18.7 Å². The number of hydrogen-bond acceptors (Lipinski definition) is 5. The standard InChI is InChI=1S/C19H21Cl2N5O3/c1-24-15-16(23-18(24)22-13-4-3-5-14(13)27)25(2)19(29)26(17(15)28)9-10-6-7-11(20)12(21)8-10/h6-8,13-14,27H,3-5,9H2,1-2H3,(H,22,23)/t13?,14-/m1/s1. The molecule has 0 saturated heterocycles. The monoisotopic (exact) mass is 437 g/mol. The first kappa shape index (κ1) is 20.0. The van der Waals surface area contributed by atoms with Crippen LogP contribution in [0.15, 0.2) is 27.8 Å². The second-order valence-electron chi connectivity index (χ2n) is 7.40. The summed E-state index contributed by atoms with van der Waals surface area (Å²) in [6.07, 6.45) is 2.03. The lowest BCUT2D eigenvalue weighted by Crippen LogP contribution is -2.39. The Hall–Kier alpha value is -2.29. The van der Waals surface area contributed by atoms with Crippen LogP contribution in [-0.2, 0) is 20.6 Å². The van der Waals surface area contributed by atoms with Crippen LogP contribution in [0.3, 0.4) is 0 Å². The summed E-state index contributed by atoms with van der Waals surface area (Å²) in [6, 6.07) is 4.87. The minimum Gasteiger partial charge on any atom is -0.391 e. The topological polar surface area (TPSA) is 94.1 Å². The van der Waals surface area contributed by atoms with E-state index in [0.29, 0.717) is 32.7 Å². The zero-order valence-corrected chi connectivity index (χ0v) is 17.5. The van der Waals surface area contributed by atoms with Gasteiger partial charge < -0.3 is 15.0 Å². The maximum atomic E-state index is 13.1. The highest BCUT2D eigenvalue weighted by atomic mass is 35.5. The van der Waals surface area contributed by atoms with Crippen LogP contribution in [-0.4, -0.2) is 35.9 Å². The van der Waals surface area contributed by atoms with Crippen molar-refractivity contribution < 1.29 is 5.11 Å². The van der Waals surface area contributed by atoms with E-state index in [2.05, 4.69) is 10.3 Å². The smallest absolute Gasteiger partial charge is 0.332 e. The Morgan fingerprint density at radius 3 is 2.59 bits per heavy atom. The lowest BCUT2D eigenvalue weighted by Gasteiger charge is -2.16. The first-order valence-corrected chi connectivity index (χ1v) is 10.1. The number of nitrogens with one attached hydrogen (secondary N) is 1. The highest BCUT2D eigenvalue weighted by Gasteiger charge is 2.27. The normalized spacial score (nSPS) is 19.2. The summed E-state index contributed by atoms with van der Waals surface area (Å²) in [5, 5.41) is 14.1. The van der Waals surface area contributed by atoms with Crippen molar-refractivity contribution >= 4 is 40.3 Å². The SMILES string of the molecule is Cn1c(NC2CCC[C@H]2O)nc2c1c(=O)n(Cc1ccc(Cl)c(Cl)c1)c(=O)n2C. The van der Waals surface area contributed by atoms with E-state index in [9.17, 15) is 14.7 Å². The van der Waals surface area contributed by atoms with Crippen LogP contribution in [0.5, 0.6) is 0 Å². The van der Waals surface area contributed by atoms with E-state index in [1.54, 1.807) is 36.9 Å². The number of fused-ring (bicyclic) bond motifs is 1. The number of aromatic nitrogens is 4. The molecule has 2 heterocycles. The molecule has 0 spiro atoms. The highest BCUT2D eigenvalue weighted by Crippen LogP contribution is 2.24. The van der Waals surface area contributed by atoms with Crippen LogP contribution in [0, 0.1) is 0 Å². The van der Waals surface area contributed by atoms with Crippen molar-refractivity contribution in [3.63, 3.8) is 0 Å². The largest absolute Gasteiger partial charge is 0.391 e. The van der Waals surface area contributed by atoms with Gasteiger partial charge in [0, 0.05) is 14.1 Å². The molecule has 2 aromatic heterocycles. The molecule has 1 fully saturated rings. The fourth-order valence-corrected chi connectivity index (χ4v) is 4.13. The van der Waals surface area contributed by atoms with E-state index >= 15 is 0 Å². The second-order valence-corrected chi connectivity index (χ2v) is 8.21. The Bertz CT molecular complexity index is 1210. The van der Waals surface area contributed by atoms with E-state index in [1.165, 1.54) is 4.57 Å². The van der Waals surface area contributed by atoms with E-state index in [4.69, 9.17) is 23.2 Å². The van der Waals surface area contributed by atoms with Gasteiger partial charge in [0.25, 0.3) is 5.56 Å². The van der Waals surface area contributed by atoms with Gasteiger partial charge in [-0.25, -0.2) is 4.79 Å². The van der Waals surface area contributed by atoms with Crippen molar-refractivity contribution in [2.45, 2.75) is 38.0 Å². The molecule has 2 N–H and O–H groups in total. The van der Waals surface area contributed by atoms with Crippen molar-refractivity contribution in [2.75, 3.05) is 5.32 Å². The molecular formula is C19H21Cl2N5O3. The number of aryl methyl sites for hydroxylation is 2. The molecule has 29 heavy (non-hydrogen) atoms. The molecule has 0 bridgehead atoms. The average molecular weight is 438 g/mol. The number of aliphatic hydroxyl groups is 1. The number of aliphatic hydroxyl groups excluding tert-OH is 1. The molecule has 1 saturated carbocycles. The molecule has 3 aromatic rings. The Labute approximate surface area is 176 Å². The second kappa shape index (κ2) is 7.51. The summed E-state index contributed by atoms with van der Waals surface area (Å²) in [5.74, 6) is 0.449. The van der Waals surface area contributed by atoms with Gasteiger partial charge in [-0.3, -0.25) is 13.9 Å². The maximum Gasteiger partial charge on any atom is 0.332 e. The van der Waals surface area contributed by atoms with E-state index < -0.39 is 17.4 Å². The third-order valence-corrected chi connectivity index (χ3v) is 6.22. The lowest BCUT2D eigenvalue weighted by atomic mass is 10.2. The van der Waals surface area contributed by atoms with Gasteiger partial charge in [-0.15, -0.1) is 0 Å². The first-order chi connectivity index (χ1) is 13.8. The zero-order valence-electron chi connectivity index (χ0n) is 16.0. The van der Waals surface area contributed by atoms with Crippen LogP contribution < -0.4 is 16.6 Å². The minimum atomic E-state index is -0.473. The van der Waals surface area contributed by atoms with Gasteiger partial charge in [0.05, 0.1) is 28.7 Å². The fraction of sp³-hybridized carbons (Fsp3) is 0.421. The average Bonchev–Trinajstić information content (AvgIpc) is 3.24. The van der Waals surface area contributed by atoms with Crippen molar-refractivity contribution in [2.24, 2.45) is 14.1 Å². The molecule has 1 aliphatic carbocycles. The van der Waals surface area contributed by atoms with Gasteiger partial charge in [0.15, 0.2) is 11.2 Å². The van der Waals surface area contributed by atoms with Crippen molar-refractivity contribution in [1.29, 1.82) is 0 Å². The van der Waals surface area contributed by atoms with Crippen LogP contribution >= 0.6 is 23.2 Å². The molecule has 1 unspecified atom stereocenters. The molecule has 0 radical (unpaired) electrons. The van der Waals surface area contributed by atoms with E-state index in [-0.39, 0.29) is 12.6 Å². The third kappa shape index (κ3) is 3.45. The molecule has 0 amide bonds. The predicted molar refractivity (Wildman–Crippen MR) is 113 cm³/mol. The zero-order chi connectivity index (χ0) is 20.9. The molecule has 1 aromatic carbocycles. The van der Waals surface area contributed by atoms with Crippen LogP contribution in [0.4, 0.5) is 5.95 Å². The number of hydrogen-bond donors (Lipinski definition) is 2. The first-order valence-electron chi connectivity index (χ1n) is 9.32. The van der Waals surface area contributed by atoms with Gasteiger partial charge >= 0.3 is 5.69 Å². The van der Waals surface area contributed by atoms with Gasteiger partial charge in [-0.2, -0.15) is 4.98 Å². The molecule has 154 valence electrons. The van der Waals surface area contributed by atoms with Gasteiger partial charge in [0.1, 0.15) is 0 Å². The molecule has 2 atom stereocenters. The number of halogens is 2. The number of anilines is 1. The van der Waals surface area contributed by atoms with E-state index in [0.717, 1.165) is 23.8 Å². The predicted octanol–water partition coefficient (Wildman–Crippen LogP) is 2.11. The Morgan fingerprint density at radius 1 is 1.17 bits per heavy atom. The number of benzene rings is 1. The van der Waals surface area contributed by atoms with Crippen LogP contribution in [0.25, 0.3) is 11.2 Å². The quantitative estimate of drug-likeness (QED) is 0.651. The third-order valence-electron chi connectivity index (χ3n) is 5.48. The maximum absolute atomic E-state index is 13.1. The molecule has 1 aliphatic rings. The molecule has 4 rings (SSSR count). The Kier molecular flexibility index (Phi) is 5.18. The van der Waals surface area contributed by atoms with Gasteiger partial charge in [-0.1, -0.05) is 29.3 Å². The molecule has 0 aliphatic heterocycles. The van der Waals surface area contributed by atoms with Crippen molar-refractivity contribution in [3.05, 3.63) is 54.6 Å². The summed E-state index contributed by atoms with van der Waals surface area (Å²) >= 11 is 12.0. The highest BCUT2D eigenvalue weighted by molar-refractivity contribution is 6.42. The molecular weight excluding hydrogens is 417 g/mol. The van der Waals surface area contributed by atoms with Gasteiger partial charge in [-0.05, 0) is 37.0 Å². The van der Waals surface area contributed by atoms with Crippen molar-refractivity contribution in [3.8, 4) is 0 Å². The van der Waals surface area contributed by atoms with E-state index in [1.807, 2.05) is 0 Å². The number of rotatable bonds is 4. The summed E-state index contributed by atoms with van der Waals surface area (Å²) in [7, 11) is 3.30. The Balaban J connectivity index is 1.80. The van der Waals surface area contributed by atoms with Gasteiger partial charge in [0.2, 0.25) is 5.95 Å². The fourth-order valence-electron chi connectivity index (χ4n) is 3.81. The molecule has 8 nitrogen and oxygen atoms in total. The Morgan fingerprint density at radius 2 is 1.93 bits per heavy atom. The lowest BCUT2D eigenvalue weighted by molar-refractivity contribution is 0.171.